The van der Waals surface area contributed by atoms with Crippen molar-refractivity contribution in [2.75, 3.05) is 20.2 Å². The standard InChI is InChI=1S/C22H27N3O2/c1-27-21-10-6-5-9-19(21)11-14-23-22(26)24-20-12-15-25(16-13-20)17-18-7-3-2-4-8-18/h2-11,14,20H,12-13,15-17H2,1H3,(H2,23,24,26)/b14-11+. The number of methoxy groups -OCH3 is 1. The zero-order valence-corrected chi connectivity index (χ0v) is 15.7. The van der Waals surface area contributed by atoms with E-state index >= 15 is 0 Å². The van der Waals surface area contributed by atoms with Gasteiger partial charge in [-0.05, 0) is 30.5 Å². The number of rotatable bonds is 6. The summed E-state index contributed by atoms with van der Waals surface area (Å²) in [5, 5.41) is 5.84. The van der Waals surface area contributed by atoms with E-state index in [1.807, 2.05) is 36.4 Å². The highest BCUT2D eigenvalue weighted by Crippen LogP contribution is 2.18. The SMILES string of the molecule is COc1ccccc1/C=C/NC(=O)NC1CCN(Cc2ccccc2)CC1. The summed E-state index contributed by atoms with van der Waals surface area (Å²) in [7, 11) is 1.64. The molecule has 0 radical (unpaired) electrons. The maximum absolute atomic E-state index is 12.1. The lowest BCUT2D eigenvalue weighted by atomic mass is 10.0. The number of para-hydroxylation sites is 1. The molecule has 0 saturated carbocycles. The minimum atomic E-state index is -0.164. The van der Waals surface area contributed by atoms with Crippen molar-refractivity contribution >= 4 is 12.1 Å². The third-order valence-corrected chi connectivity index (χ3v) is 4.79. The Morgan fingerprint density at radius 2 is 1.81 bits per heavy atom. The number of carbonyl (C=O) groups is 1. The van der Waals surface area contributed by atoms with Crippen LogP contribution in [-0.2, 0) is 6.54 Å². The number of hydrogen-bond acceptors (Lipinski definition) is 3. The van der Waals surface area contributed by atoms with Gasteiger partial charge in [-0.3, -0.25) is 4.90 Å². The van der Waals surface area contributed by atoms with Gasteiger partial charge < -0.3 is 15.4 Å². The second kappa shape index (κ2) is 9.78. The Labute approximate surface area is 161 Å². The molecule has 0 atom stereocenters. The number of urea groups is 1. The smallest absolute Gasteiger partial charge is 0.318 e. The Kier molecular flexibility index (Phi) is 6.88. The van der Waals surface area contributed by atoms with Crippen LogP contribution in [0, 0.1) is 0 Å². The lowest BCUT2D eigenvalue weighted by Gasteiger charge is -2.32. The first-order valence-electron chi connectivity index (χ1n) is 9.37. The predicted molar refractivity (Wildman–Crippen MR) is 108 cm³/mol. The minimum Gasteiger partial charge on any atom is -0.496 e. The normalized spacial score (nSPS) is 15.6. The molecule has 2 N–H and O–H groups in total. The Balaban J connectivity index is 1.40. The third kappa shape index (κ3) is 5.86. The monoisotopic (exact) mass is 365 g/mol. The fourth-order valence-corrected chi connectivity index (χ4v) is 3.32. The molecule has 0 bridgehead atoms. The van der Waals surface area contributed by atoms with Crippen molar-refractivity contribution < 1.29 is 9.53 Å². The highest BCUT2D eigenvalue weighted by molar-refractivity contribution is 5.76. The van der Waals surface area contributed by atoms with Crippen LogP contribution in [0.15, 0.2) is 60.8 Å². The molecule has 0 spiro atoms. The van der Waals surface area contributed by atoms with E-state index in [4.69, 9.17) is 4.74 Å². The van der Waals surface area contributed by atoms with Gasteiger partial charge in [0.1, 0.15) is 5.75 Å². The van der Waals surface area contributed by atoms with Gasteiger partial charge in [-0.2, -0.15) is 0 Å². The Morgan fingerprint density at radius 1 is 1.11 bits per heavy atom. The summed E-state index contributed by atoms with van der Waals surface area (Å²) in [6, 6.07) is 18.3. The number of likely N-dealkylation sites (tertiary alicyclic amines) is 1. The fourth-order valence-electron chi connectivity index (χ4n) is 3.32. The van der Waals surface area contributed by atoms with Crippen LogP contribution in [-0.4, -0.2) is 37.2 Å². The van der Waals surface area contributed by atoms with Gasteiger partial charge in [0, 0.05) is 37.4 Å². The summed E-state index contributed by atoms with van der Waals surface area (Å²) in [6.07, 6.45) is 5.42. The molecule has 0 aliphatic carbocycles. The predicted octanol–water partition coefficient (Wildman–Crippen LogP) is 3.63. The molecule has 5 heteroatoms. The number of carbonyl (C=O) groups excluding carboxylic acids is 1. The Morgan fingerprint density at radius 3 is 2.56 bits per heavy atom. The van der Waals surface area contributed by atoms with Gasteiger partial charge in [0.05, 0.1) is 7.11 Å². The van der Waals surface area contributed by atoms with Crippen LogP contribution >= 0.6 is 0 Å². The Bertz CT molecular complexity index is 753. The molecule has 1 fully saturated rings. The van der Waals surface area contributed by atoms with Crippen LogP contribution in [0.1, 0.15) is 24.0 Å². The lowest BCUT2D eigenvalue weighted by Crippen LogP contribution is -2.46. The van der Waals surface area contributed by atoms with Crippen LogP contribution in [0.5, 0.6) is 5.75 Å². The zero-order valence-electron chi connectivity index (χ0n) is 15.7. The number of ether oxygens (including phenoxy) is 1. The van der Waals surface area contributed by atoms with Gasteiger partial charge in [-0.1, -0.05) is 48.5 Å². The summed E-state index contributed by atoms with van der Waals surface area (Å²) in [6.45, 7) is 2.97. The first-order valence-corrected chi connectivity index (χ1v) is 9.37. The van der Waals surface area contributed by atoms with E-state index in [1.165, 1.54) is 5.56 Å². The molecule has 2 aromatic carbocycles. The lowest BCUT2D eigenvalue weighted by molar-refractivity contribution is 0.187. The maximum atomic E-state index is 12.1. The van der Waals surface area contributed by atoms with E-state index in [0.29, 0.717) is 0 Å². The van der Waals surface area contributed by atoms with E-state index < -0.39 is 0 Å². The molecule has 1 aliphatic heterocycles. The molecule has 27 heavy (non-hydrogen) atoms. The van der Waals surface area contributed by atoms with E-state index in [0.717, 1.165) is 43.8 Å². The number of nitrogens with zero attached hydrogens (tertiary/aromatic N) is 1. The summed E-state index contributed by atoms with van der Waals surface area (Å²) in [4.78, 5) is 14.5. The van der Waals surface area contributed by atoms with Gasteiger partial charge in [-0.15, -0.1) is 0 Å². The summed E-state index contributed by atoms with van der Waals surface area (Å²) in [5.74, 6) is 0.779. The highest BCUT2D eigenvalue weighted by Gasteiger charge is 2.20. The molecular weight excluding hydrogens is 338 g/mol. The zero-order chi connectivity index (χ0) is 18.9. The molecule has 142 valence electrons. The average molecular weight is 365 g/mol. The van der Waals surface area contributed by atoms with Crippen molar-refractivity contribution in [3.8, 4) is 5.75 Å². The van der Waals surface area contributed by atoms with Crippen molar-refractivity contribution in [1.82, 2.24) is 15.5 Å². The van der Waals surface area contributed by atoms with Crippen molar-refractivity contribution in [1.29, 1.82) is 0 Å². The minimum absolute atomic E-state index is 0.164. The van der Waals surface area contributed by atoms with Crippen LogP contribution in [0.4, 0.5) is 4.79 Å². The van der Waals surface area contributed by atoms with Gasteiger partial charge in [0.15, 0.2) is 0 Å². The molecule has 1 aliphatic rings. The van der Waals surface area contributed by atoms with E-state index in [1.54, 1.807) is 13.3 Å². The quantitative estimate of drug-likeness (QED) is 0.822. The fraction of sp³-hybridized carbons (Fsp3) is 0.318. The van der Waals surface area contributed by atoms with E-state index in [2.05, 4.69) is 39.8 Å². The number of piperidine rings is 1. The summed E-state index contributed by atoms with van der Waals surface area (Å²) < 4.78 is 5.29. The number of amides is 2. The molecule has 1 heterocycles. The molecule has 0 unspecified atom stereocenters. The van der Waals surface area contributed by atoms with Crippen LogP contribution in [0.2, 0.25) is 0 Å². The van der Waals surface area contributed by atoms with Crippen molar-refractivity contribution in [2.24, 2.45) is 0 Å². The van der Waals surface area contributed by atoms with Gasteiger partial charge in [0.25, 0.3) is 0 Å². The Hall–Kier alpha value is -2.79. The van der Waals surface area contributed by atoms with Crippen LogP contribution in [0.25, 0.3) is 6.08 Å². The van der Waals surface area contributed by atoms with Gasteiger partial charge in [-0.25, -0.2) is 4.79 Å². The molecule has 0 aromatic heterocycles. The summed E-state index contributed by atoms with van der Waals surface area (Å²) in [5.41, 5.74) is 2.26. The average Bonchev–Trinajstić information content (AvgIpc) is 2.71. The number of hydrogen-bond donors (Lipinski definition) is 2. The number of nitrogens with one attached hydrogen (secondary N) is 2. The molecule has 5 nitrogen and oxygen atoms in total. The molecule has 3 rings (SSSR count). The maximum Gasteiger partial charge on any atom is 0.318 e. The third-order valence-electron chi connectivity index (χ3n) is 4.79. The van der Waals surface area contributed by atoms with Crippen LogP contribution < -0.4 is 15.4 Å². The topological polar surface area (TPSA) is 53.6 Å². The second-order valence-electron chi connectivity index (χ2n) is 6.73. The molecule has 2 aromatic rings. The van der Waals surface area contributed by atoms with Crippen LogP contribution in [0.3, 0.4) is 0 Å². The largest absolute Gasteiger partial charge is 0.496 e. The van der Waals surface area contributed by atoms with Crippen molar-refractivity contribution in [2.45, 2.75) is 25.4 Å². The highest BCUT2D eigenvalue weighted by atomic mass is 16.5. The molecular formula is C22H27N3O2. The first-order chi connectivity index (χ1) is 13.2. The number of benzene rings is 2. The van der Waals surface area contributed by atoms with Gasteiger partial charge in [0.2, 0.25) is 0 Å². The first kappa shape index (κ1) is 19.0. The van der Waals surface area contributed by atoms with Gasteiger partial charge >= 0.3 is 6.03 Å². The van der Waals surface area contributed by atoms with Crippen molar-refractivity contribution in [3.05, 3.63) is 71.9 Å². The molecule has 2 amide bonds. The summed E-state index contributed by atoms with van der Waals surface area (Å²) >= 11 is 0. The van der Waals surface area contributed by atoms with Crippen molar-refractivity contribution in [3.63, 3.8) is 0 Å². The van der Waals surface area contributed by atoms with E-state index in [9.17, 15) is 4.79 Å². The van der Waals surface area contributed by atoms with E-state index in [-0.39, 0.29) is 12.1 Å². The second-order valence-corrected chi connectivity index (χ2v) is 6.73. The molecule has 1 saturated heterocycles.